The quantitative estimate of drug-likeness (QED) is 0.199. The summed E-state index contributed by atoms with van der Waals surface area (Å²) in [5.41, 5.74) is 1.04. The molecule has 1 aromatic carbocycles. The number of hydrogen-bond donors (Lipinski definition) is 0. The molecule has 0 spiro atoms. The van der Waals surface area contributed by atoms with E-state index in [0.717, 1.165) is 12.8 Å². The fourth-order valence-electron chi connectivity index (χ4n) is 3.14. The summed E-state index contributed by atoms with van der Waals surface area (Å²) >= 11 is 0. The maximum absolute atomic E-state index is 11.9. The lowest BCUT2D eigenvalue weighted by molar-refractivity contribution is 0.0596. The van der Waals surface area contributed by atoms with Crippen LogP contribution in [0.25, 0.3) is 0 Å². The number of benzene rings is 1. The lowest BCUT2D eigenvalue weighted by Crippen LogP contribution is -2.07. The molecule has 1 aromatic rings. The van der Waals surface area contributed by atoms with E-state index in [2.05, 4.69) is 12.8 Å². The zero-order valence-corrected chi connectivity index (χ0v) is 17.2. The van der Waals surface area contributed by atoms with E-state index < -0.39 is 5.97 Å². The van der Waals surface area contributed by atoms with Crippen molar-refractivity contribution < 1.29 is 14.3 Å². The molecule has 0 atom stereocenters. The molecule has 0 saturated carbocycles. The van der Waals surface area contributed by atoms with Crippen LogP contribution in [0, 0.1) is 12.3 Å². The number of hydrogen-bond acceptors (Lipinski definition) is 3. The minimum atomic E-state index is -0.420. The number of methoxy groups -OCH3 is 1. The van der Waals surface area contributed by atoms with Crippen molar-refractivity contribution >= 4 is 5.97 Å². The van der Waals surface area contributed by atoms with Gasteiger partial charge in [-0.2, -0.15) is 0 Å². The van der Waals surface area contributed by atoms with Crippen molar-refractivity contribution in [2.75, 3.05) is 13.7 Å². The molecule has 27 heavy (non-hydrogen) atoms. The maximum atomic E-state index is 11.9. The molecule has 0 heterocycles. The second-order valence-corrected chi connectivity index (χ2v) is 7.08. The van der Waals surface area contributed by atoms with Crippen LogP contribution in [0.5, 0.6) is 5.75 Å². The van der Waals surface area contributed by atoms with Gasteiger partial charge in [-0.1, -0.05) is 83.5 Å². The summed E-state index contributed by atoms with van der Waals surface area (Å²) in [6, 6.07) is 5.18. The first kappa shape index (κ1) is 23.1. The molecule has 0 unspecified atom stereocenters. The van der Waals surface area contributed by atoms with E-state index in [1.165, 1.54) is 71.3 Å². The van der Waals surface area contributed by atoms with E-state index in [9.17, 15) is 4.79 Å². The Morgan fingerprint density at radius 1 is 0.926 bits per heavy atom. The summed E-state index contributed by atoms with van der Waals surface area (Å²) in [5.74, 6) is 2.65. The Bertz CT molecular complexity index is 571. The van der Waals surface area contributed by atoms with Crippen molar-refractivity contribution in [3.63, 3.8) is 0 Å². The van der Waals surface area contributed by atoms with Gasteiger partial charge in [0.25, 0.3) is 0 Å². The first-order chi connectivity index (χ1) is 13.2. The highest BCUT2D eigenvalue weighted by Gasteiger charge is 2.13. The van der Waals surface area contributed by atoms with Crippen LogP contribution in [0.3, 0.4) is 0 Å². The first-order valence-electron chi connectivity index (χ1n) is 10.5. The van der Waals surface area contributed by atoms with Gasteiger partial charge in [-0.3, -0.25) is 0 Å². The second-order valence-electron chi connectivity index (χ2n) is 7.08. The average Bonchev–Trinajstić information content (AvgIpc) is 2.70. The number of rotatable bonds is 15. The highest BCUT2D eigenvalue weighted by atomic mass is 16.5. The molecule has 0 saturated heterocycles. The predicted octanol–water partition coefficient (Wildman–Crippen LogP) is 6.53. The van der Waals surface area contributed by atoms with E-state index in [-0.39, 0.29) is 0 Å². The van der Waals surface area contributed by atoms with Gasteiger partial charge < -0.3 is 9.47 Å². The van der Waals surface area contributed by atoms with Gasteiger partial charge in [0, 0.05) is 5.56 Å². The van der Waals surface area contributed by atoms with Crippen LogP contribution in [-0.4, -0.2) is 19.7 Å². The molecule has 1 rings (SSSR count). The second kappa shape index (κ2) is 15.1. The highest BCUT2D eigenvalue weighted by molar-refractivity contribution is 5.92. The normalized spacial score (nSPS) is 10.4. The van der Waals surface area contributed by atoms with Crippen LogP contribution < -0.4 is 4.74 Å². The van der Waals surface area contributed by atoms with Gasteiger partial charge in [-0.25, -0.2) is 4.79 Å². The standard InChI is InChI=1S/C24H36O3/c1-4-6-7-8-9-10-11-12-13-14-15-16-19-27-23-18-17-21(5-2)20-22(23)24(25)26-3/h2,17-18,20H,4,6-16,19H2,1,3H3. The van der Waals surface area contributed by atoms with Crippen molar-refractivity contribution in [1.82, 2.24) is 0 Å². The lowest BCUT2D eigenvalue weighted by Gasteiger charge is -2.11. The van der Waals surface area contributed by atoms with Gasteiger partial charge >= 0.3 is 5.97 Å². The smallest absolute Gasteiger partial charge is 0.341 e. The van der Waals surface area contributed by atoms with Gasteiger partial charge in [-0.05, 0) is 24.6 Å². The third-order valence-electron chi connectivity index (χ3n) is 4.81. The van der Waals surface area contributed by atoms with Crippen LogP contribution >= 0.6 is 0 Å². The molecule has 3 nitrogen and oxygen atoms in total. The third kappa shape index (κ3) is 10.1. The van der Waals surface area contributed by atoms with E-state index in [4.69, 9.17) is 15.9 Å². The SMILES string of the molecule is C#Cc1ccc(OCCCCCCCCCCCCCC)c(C(=O)OC)c1. The fourth-order valence-corrected chi connectivity index (χ4v) is 3.14. The van der Waals surface area contributed by atoms with Gasteiger partial charge in [0.2, 0.25) is 0 Å². The molecular weight excluding hydrogens is 336 g/mol. The van der Waals surface area contributed by atoms with Crippen LogP contribution in [-0.2, 0) is 4.74 Å². The predicted molar refractivity (Wildman–Crippen MR) is 112 cm³/mol. The molecule has 0 aliphatic rings. The van der Waals surface area contributed by atoms with E-state index >= 15 is 0 Å². The number of carbonyl (C=O) groups excluding carboxylic acids is 1. The van der Waals surface area contributed by atoms with Gasteiger partial charge in [-0.15, -0.1) is 6.42 Å². The molecule has 150 valence electrons. The van der Waals surface area contributed by atoms with Crippen LogP contribution in [0.15, 0.2) is 18.2 Å². The molecule has 0 bridgehead atoms. The first-order valence-corrected chi connectivity index (χ1v) is 10.5. The Morgan fingerprint density at radius 2 is 1.48 bits per heavy atom. The van der Waals surface area contributed by atoms with E-state index in [0.29, 0.717) is 23.5 Å². The number of esters is 1. The van der Waals surface area contributed by atoms with Crippen LogP contribution in [0.1, 0.15) is 99.9 Å². The number of carbonyl (C=O) groups is 1. The summed E-state index contributed by atoms with van der Waals surface area (Å²) < 4.78 is 10.6. The summed E-state index contributed by atoms with van der Waals surface area (Å²) in [6.45, 7) is 2.87. The molecule has 0 amide bonds. The number of terminal acetylenes is 1. The summed E-state index contributed by atoms with van der Waals surface area (Å²) in [4.78, 5) is 11.9. The minimum absolute atomic E-state index is 0.395. The Labute approximate surface area is 165 Å². The summed E-state index contributed by atoms with van der Waals surface area (Å²) in [6.07, 6.45) is 21.1. The zero-order valence-electron chi connectivity index (χ0n) is 17.2. The largest absolute Gasteiger partial charge is 0.493 e. The van der Waals surface area contributed by atoms with Gasteiger partial charge in [0.15, 0.2) is 0 Å². The Kier molecular flexibility index (Phi) is 12.9. The fraction of sp³-hybridized carbons (Fsp3) is 0.625. The Balaban J connectivity index is 2.12. The molecule has 0 aliphatic heterocycles. The molecule has 0 N–H and O–H groups in total. The monoisotopic (exact) mass is 372 g/mol. The van der Waals surface area contributed by atoms with Gasteiger partial charge in [0.05, 0.1) is 13.7 Å². The molecule has 0 radical (unpaired) electrons. The van der Waals surface area contributed by atoms with Crippen molar-refractivity contribution in [3.05, 3.63) is 29.3 Å². The molecule has 0 aliphatic carbocycles. The highest BCUT2D eigenvalue weighted by Crippen LogP contribution is 2.21. The van der Waals surface area contributed by atoms with Crippen molar-refractivity contribution in [3.8, 4) is 18.1 Å². The number of ether oxygens (including phenoxy) is 2. The molecule has 0 aromatic heterocycles. The van der Waals surface area contributed by atoms with Crippen molar-refractivity contribution in [2.24, 2.45) is 0 Å². The van der Waals surface area contributed by atoms with Crippen LogP contribution in [0.4, 0.5) is 0 Å². The van der Waals surface area contributed by atoms with Crippen molar-refractivity contribution in [2.45, 2.75) is 84.0 Å². The number of unbranched alkanes of at least 4 members (excludes halogenated alkanes) is 11. The Hall–Kier alpha value is -1.95. The third-order valence-corrected chi connectivity index (χ3v) is 4.81. The average molecular weight is 373 g/mol. The van der Waals surface area contributed by atoms with Gasteiger partial charge in [0.1, 0.15) is 11.3 Å². The summed E-state index contributed by atoms with van der Waals surface area (Å²) in [5, 5.41) is 0. The lowest BCUT2D eigenvalue weighted by atomic mass is 10.1. The van der Waals surface area contributed by atoms with Crippen LogP contribution in [0.2, 0.25) is 0 Å². The Morgan fingerprint density at radius 3 is 2.00 bits per heavy atom. The van der Waals surface area contributed by atoms with E-state index in [1.54, 1.807) is 18.2 Å². The maximum Gasteiger partial charge on any atom is 0.341 e. The topological polar surface area (TPSA) is 35.5 Å². The van der Waals surface area contributed by atoms with E-state index in [1.807, 2.05) is 0 Å². The molecule has 3 heteroatoms. The molecule has 0 fully saturated rings. The van der Waals surface area contributed by atoms with Crippen molar-refractivity contribution in [1.29, 1.82) is 0 Å². The zero-order chi connectivity index (χ0) is 19.7. The molecular formula is C24H36O3. The minimum Gasteiger partial charge on any atom is -0.493 e. The summed E-state index contributed by atoms with van der Waals surface area (Å²) in [7, 11) is 1.36.